The summed E-state index contributed by atoms with van der Waals surface area (Å²) in [6, 6.07) is 0. The number of carbonyl (C=O) groups excluding carboxylic acids is 3. The molecule has 0 aliphatic heterocycles. The molecule has 0 saturated heterocycles. The molecule has 56 heavy (non-hydrogen) atoms. The van der Waals surface area contributed by atoms with E-state index in [1.165, 1.54) is 148 Å². The Hall–Kier alpha value is -1.63. The predicted molar refractivity (Wildman–Crippen MR) is 237 cm³/mol. The van der Waals surface area contributed by atoms with E-state index < -0.39 is 0 Å². The van der Waals surface area contributed by atoms with Gasteiger partial charge in [0.15, 0.2) is 0 Å². The SMILES string of the molecule is CCCCCCCCC(CCCCCC)COC(=O)CCCCCN(CCCCCC(=O)OCC(CCCCCC)CCCCCCC)CCCC(=O)OCC. The van der Waals surface area contributed by atoms with Crippen LogP contribution in [0.3, 0.4) is 0 Å². The summed E-state index contributed by atoms with van der Waals surface area (Å²) in [5.41, 5.74) is 0. The predicted octanol–water partition coefficient (Wildman–Crippen LogP) is 14.1. The molecule has 7 nitrogen and oxygen atoms in total. The second-order valence-corrected chi connectivity index (χ2v) is 16.9. The average Bonchev–Trinajstić information content (AvgIpc) is 3.19. The number of carbonyl (C=O) groups is 3. The van der Waals surface area contributed by atoms with Crippen molar-refractivity contribution in [1.82, 2.24) is 4.90 Å². The molecule has 0 fully saturated rings. The summed E-state index contributed by atoms with van der Waals surface area (Å²) in [5.74, 6) is 0.798. The van der Waals surface area contributed by atoms with Crippen molar-refractivity contribution in [3.63, 3.8) is 0 Å². The van der Waals surface area contributed by atoms with Gasteiger partial charge in [-0.25, -0.2) is 0 Å². The summed E-state index contributed by atoms with van der Waals surface area (Å²) >= 11 is 0. The van der Waals surface area contributed by atoms with Crippen molar-refractivity contribution in [2.24, 2.45) is 11.8 Å². The third-order valence-electron chi connectivity index (χ3n) is 11.4. The molecule has 0 aromatic carbocycles. The fourth-order valence-electron chi connectivity index (χ4n) is 7.74. The van der Waals surface area contributed by atoms with E-state index in [1.807, 2.05) is 6.92 Å². The average molecular weight is 794 g/mol. The van der Waals surface area contributed by atoms with Gasteiger partial charge in [0.2, 0.25) is 0 Å². The standard InChI is InChI=1S/C49H95NO6/c1-6-11-15-19-21-27-36-46(34-25-18-14-9-4)44-56-49(53)38-29-23-31-41-50(42-32-39-47(51)54-10-5)40-30-22-28-37-48(52)55-43-45(33-24-17-13-8-3)35-26-20-16-12-7-2/h45-46H,6-44H2,1-5H3. The molecule has 0 spiro atoms. The fourth-order valence-corrected chi connectivity index (χ4v) is 7.74. The maximum Gasteiger partial charge on any atom is 0.305 e. The number of esters is 3. The Kier molecular flexibility index (Phi) is 41.7. The topological polar surface area (TPSA) is 82.1 Å². The lowest BCUT2D eigenvalue weighted by Gasteiger charge is -2.22. The van der Waals surface area contributed by atoms with Crippen molar-refractivity contribution in [2.75, 3.05) is 39.5 Å². The smallest absolute Gasteiger partial charge is 0.305 e. The highest BCUT2D eigenvalue weighted by atomic mass is 16.5. The van der Waals surface area contributed by atoms with Gasteiger partial charge in [-0.1, -0.05) is 163 Å². The third kappa shape index (κ3) is 37.9. The number of unbranched alkanes of at least 4 members (excludes halogenated alkanes) is 19. The third-order valence-corrected chi connectivity index (χ3v) is 11.4. The molecule has 0 aromatic heterocycles. The van der Waals surface area contributed by atoms with Crippen molar-refractivity contribution in [3.8, 4) is 0 Å². The van der Waals surface area contributed by atoms with Gasteiger partial charge in [-0.05, 0) is 96.2 Å². The molecule has 0 heterocycles. The van der Waals surface area contributed by atoms with Crippen molar-refractivity contribution in [2.45, 2.75) is 247 Å². The van der Waals surface area contributed by atoms with Crippen molar-refractivity contribution < 1.29 is 28.6 Å². The van der Waals surface area contributed by atoms with Crippen LogP contribution < -0.4 is 0 Å². The Morgan fingerprint density at radius 2 is 0.661 bits per heavy atom. The molecule has 0 aliphatic rings. The summed E-state index contributed by atoms with van der Waals surface area (Å²) in [4.78, 5) is 39.7. The molecule has 2 atom stereocenters. The van der Waals surface area contributed by atoms with E-state index in [2.05, 4.69) is 32.6 Å². The summed E-state index contributed by atoms with van der Waals surface area (Å²) in [6.07, 6.45) is 37.1. The zero-order valence-corrected chi connectivity index (χ0v) is 38.1. The molecule has 0 rings (SSSR count). The van der Waals surface area contributed by atoms with E-state index in [1.54, 1.807) is 0 Å². The van der Waals surface area contributed by atoms with Gasteiger partial charge >= 0.3 is 17.9 Å². The maximum atomic E-state index is 12.7. The minimum atomic E-state index is -0.126. The molecule has 7 heteroatoms. The largest absolute Gasteiger partial charge is 0.466 e. The normalized spacial score (nSPS) is 12.5. The van der Waals surface area contributed by atoms with Crippen LogP contribution in [0.15, 0.2) is 0 Å². The van der Waals surface area contributed by atoms with Gasteiger partial charge in [0.05, 0.1) is 19.8 Å². The van der Waals surface area contributed by atoms with Crippen LogP contribution in [-0.4, -0.2) is 62.3 Å². The van der Waals surface area contributed by atoms with Crippen LogP contribution in [-0.2, 0) is 28.6 Å². The van der Waals surface area contributed by atoms with Gasteiger partial charge in [0, 0.05) is 19.3 Å². The molecule has 2 unspecified atom stereocenters. The first-order chi connectivity index (χ1) is 27.4. The van der Waals surface area contributed by atoms with Crippen molar-refractivity contribution in [1.29, 1.82) is 0 Å². The van der Waals surface area contributed by atoms with E-state index in [4.69, 9.17) is 14.2 Å². The van der Waals surface area contributed by atoms with Gasteiger partial charge in [-0.3, -0.25) is 14.4 Å². The van der Waals surface area contributed by atoms with Gasteiger partial charge in [-0.2, -0.15) is 0 Å². The second-order valence-electron chi connectivity index (χ2n) is 16.9. The van der Waals surface area contributed by atoms with Gasteiger partial charge in [-0.15, -0.1) is 0 Å². The molecule has 0 amide bonds. The van der Waals surface area contributed by atoms with E-state index >= 15 is 0 Å². The molecule has 0 aliphatic carbocycles. The summed E-state index contributed by atoms with van der Waals surface area (Å²) < 4.78 is 16.8. The first kappa shape index (κ1) is 54.4. The zero-order chi connectivity index (χ0) is 41.2. The first-order valence-electron chi connectivity index (χ1n) is 24.6. The zero-order valence-electron chi connectivity index (χ0n) is 38.1. The monoisotopic (exact) mass is 794 g/mol. The summed E-state index contributed by atoms with van der Waals surface area (Å²) in [7, 11) is 0. The Morgan fingerprint density at radius 1 is 0.357 bits per heavy atom. The number of rotatable bonds is 44. The number of hydrogen-bond acceptors (Lipinski definition) is 7. The van der Waals surface area contributed by atoms with Crippen molar-refractivity contribution >= 4 is 17.9 Å². The Bertz CT molecular complexity index is 866. The molecule has 0 aromatic rings. The Labute approximate surface area is 348 Å². The molecule has 0 bridgehead atoms. The number of hydrogen-bond donors (Lipinski definition) is 0. The summed E-state index contributed by atoms with van der Waals surface area (Å²) in [6.45, 7) is 15.2. The van der Waals surface area contributed by atoms with Crippen LogP contribution >= 0.6 is 0 Å². The minimum Gasteiger partial charge on any atom is -0.466 e. The first-order valence-corrected chi connectivity index (χ1v) is 24.6. The van der Waals surface area contributed by atoms with E-state index in [9.17, 15) is 14.4 Å². The van der Waals surface area contributed by atoms with Crippen LogP contribution in [0.1, 0.15) is 247 Å². The van der Waals surface area contributed by atoms with E-state index in [0.29, 0.717) is 50.9 Å². The molecule has 0 saturated carbocycles. The minimum absolute atomic E-state index is 0.0405. The van der Waals surface area contributed by atoms with Gasteiger partial charge < -0.3 is 19.1 Å². The quantitative estimate of drug-likeness (QED) is 0.0345. The van der Waals surface area contributed by atoms with Crippen LogP contribution in [0, 0.1) is 11.8 Å². The number of nitrogens with zero attached hydrogens (tertiary/aromatic N) is 1. The lowest BCUT2D eigenvalue weighted by molar-refractivity contribution is -0.146. The van der Waals surface area contributed by atoms with Crippen LogP contribution in [0.2, 0.25) is 0 Å². The van der Waals surface area contributed by atoms with E-state index in [0.717, 1.165) is 64.6 Å². The molecular weight excluding hydrogens is 699 g/mol. The maximum absolute atomic E-state index is 12.7. The highest BCUT2D eigenvalue weighted by Crippen LogP contribution is 2.21. The molecule has 0 N–H and O–H groups in total. The summed E-state index contributed by atoms with van der Waals surface area (Å²) in [5, 5.41) is 0. The van der Waals surface area contributed by atoms with E-state index in [-0.39, 0.29) is 17.9 Å². The highest BCUT2D eigenvalue weighted by Gasteiger charge is 2.15. The van der Waals surface area contributed by atoms with Crippen LogP contribution in [0.4, 0.5) is 0 Å². The molecular formula is C49H95NO6. The number of ether oxygens (including phenoxy) is 3. The van der Waals surface area contributed by atoms with Crippen molar-refractivity contribution in [3.05, 3.63) is 0 Å². The lowest BCUT2D eigenvalue weighted by Crippen LogP contribution is -2.28. The van der Waals surface area contributed by atoms with Crippen LogP contribution in [0.25, 0.3) is 0 Å². The molecule has 0 radical (unpaired) electrons. The lowest BCUT2D eigenvalue weighted by atomic mass is 9.95. The van der Waals surface area contributed by atoms with Gasteiger partial charge in [0.1, 0.15) is 0 Å². The Balaban J connectivity index is 4.59. The Morgan fingerprint density at radius 3 is 1.05 bits per heavy atom. The van der Waals surface area contributed by atoms with Crippen LogP contribution in [0.5, 0.6) is 0 Å². The van der Waals surface area contributed by atoms with Gasteiger partial charge in [0.25, 0.3) is 0 Å². The fraction of sp³-hybridized carbons (Fsp3) is 0.939. The molecule has 332 valence electrons. The highest BCUT2D eigenvalue weighted by molar-refractivity contribution is 5.69. The second kappa shape index (κ2) is 43.0.